The monoisotopic (exact) mass is 313 g/mol. The van der Waals surface area contributed by atoms with Gasteiger partial charge in [0.15, 0.2) is 11.6 Å². The zero-order chi connectivity index (χ0) is 13.1. The summed E-state index contributed by atoms with van der Waals surface area (Å²) >= 11 is 3.33. The lowest BCUT2D eigenvalue weighted by molar-refractivity contribution is 0.436. The van der Waals surface area contributed by atoms with Crippen molar-refractivity contribution in [2.75, 3.05) is 0 Å². The minimum absolute atomic E-state index is 0.151. The molecule has 18 heavy (non-hydrogen) atoms. The Kier molecular flexibility index (Phi) is 3.93. The molecule has 0 aliphatic heterocycles. The van der Waals surface area contributed by atoms with Crippen molar-refractivity contribution in [1.29, 1.82) is 0 Å². The molecule has 0 radical (unpaired) electrons. The highest BCUT2D eigenvalue weighted by Gasteiger charge is 2.07. The lowest BCUT2D eigenvalue weighted by Crippen LogP contribution is -1.97. The van der Waals surface area contributed by atoms with Crippen molar-refractivity contribution in [2.45, 2.75) is 6.54 Å². The van der Waals surface area contributed by atoms with E-state index in [-0.39, 0.29) is 5.75 Å². The highest BCUT2D eigenvalue weighted by Crippen LogP contribution is 2.28. The van der Waals surface area contributed by atoms with E-state index in [2.05, 4.69) is 15.9 Å². The van der Waals surface area contributed by atoms with Crippen LogP contribution in [-0.2, 0) is 6.54 Å². The van der Waals surface area contributed by atoms with Crippen molar-refractivity contribution in [3.8, 4) is 11.5 Å². The van der Waals surface area contributed by atoms with Crippen LogP contribution in [0.15, 0.2) is 40.9 Å². The van der Waals surface area contributed by atoms with E-state index >= 15 is 0 Å². The quantitative estimate of drug-likeness (QED) is 0.930. The topological polar surface area (TPSA) is 35.2 Å². The molecule has 0 heterocycles. The standard InChI is InChI=1S/C13H10BrF2NO/c14-11-6-10(3-1-8(11)7-17)18-13-5-9(15)2-4-12(13)16/h1-6H,7,17H2. The van der Waals surface area contributed by atoms with Crippen LogP contribution in [0, 0.1) is 11.6 Å². The second kappa shape index (κ2) is 5.46. The third-order valence-electron chi connectivity index (χ3n) is 2.37. The Balaban J connectivity index is 2.28. The summed E-state index contributed by atoms with van der Waals surface area (Å²) in [5, 5.41) is 0. The SMILES string of the molecule is NCc1ccc(Oc2cc(F)ccc2F)cc1Br. The molecule has 0 spiro atoms. The Morgan fingerprint density at radius 3 is 2.56 bits per heavy atom. The van der Waals surface area contributed by atoms with Crippen LogP contribution in [0.5, 0.6) is 11.5 Å². The van der Waals surface area contributed by atoms with Gasteiger partial charge in [-0.15, -0.1) is 0 Å². The van der Waals surface area contributed by atoms with Gasteiger partial charge in [-0.25, -0.2) is 8.78 Å². The lowest BCUT2D eigenvalue weighted by atomic mass is 10.2. The van der Waals surface area contributed by atoms with Gasteiger partial charge in [0.05, 0.1) is 0 Å². The van der Waals surface area contributed by atoms with Gasteiger partial charge in [-0.1, -0.05) is 22.0 Å². The van der Waals surface area contributed by atoms with Crippen molar-refractivity contribution >= 4 is 15.9 Å². The number of benzene rings is 2. The number of hydrogen-bond donors (Lipinski definition) is 1. The van der Waals surface area contributed by atoms with Crippen LogP contribution < -0.4 is 10.5 Å². The second-order valence-corrected chi connectivity index (χ2v) is 4.49. The van der Waals surface area contributed by atoms with Crippen LogP contribution in [0.1, 0.15) is 5.56 Å². The summed E-state index contributed by atoms with van der Waals surface area (Å²) in [4.78, 5) is 0. The van der Waals surface area contributed by atoms with E-state index in [0.717, 1.165) is 28.2 Å². The maximum absolute atomic E-state index is 13.4. The number of ether oxygens (including phenoxy) is 1. The third kappa shape index (κ3) is 2.86. The molecule has 0 amide bonds. The minimum atomic E-state index is -0.615. The molecule has 0 aliphatic carbocycles. The van der Waals surface area contributed by atoms with Gasteiger partial charge in [-0.2, -0.15) is 0 Å². The number of rotatable bonds is 3. The first kappa shape index (κ1) is 13.0. The fraction of sp³-hybridized carbons (Fsp3) is 0.0769. The molecule has 5 heteroatoms. The Hall–Kier alpha value is -1.46. The molecule has 0 saturated heterocycles. The predicted molar refractivity (Wildman–Crippen MR) is 68.5 cm³/mol. The summed E-state index contributed by atoms with van der Waals surface area (Å²) in [6, 6.07) is 8.13. The van der Waals surface area contributed by atoms with Crippen LogP contribution >= 0.6 is 15.9 Å². The summed E-state index contributed by atoms with van der Waals surface area (Å²) in [7, 11) is 0. The minimum Gasteiger partial charge on any atom is -0.454 e. The average Bonchev–Trinajstić information content (AvgIpc) is 2.34. The Morgan fingerprint density at radius 1 is 1.11 bits per heavy atom. The number of nitrogens with two attached hydrogens (primary N) is 1. The van der Waals surface area contributed by atoms with Gasteiger partial charge in [0.25, 0.3) is 0 Å². The van der Waals surface area contributed by atoms with Crippen LogP contribution in [0.4, 0.5) is 8.78 Å². The smallest absolute Gasteiger partial charge is 0.165 e. The molecule has 0 bridgehead atoms. The molecule has 94 valence electrons. The number of halogens is 3. The van der Waals surface area contributed by atoms with Gasteiger partial charge in [0, 0.05) is 17.1 Å². The number of hydrogen-bond acceptors (Lipinski definition) is 2. The van der Waals surface area contributed by atoms with E-state index in [1.54, 1.807) is 18.2 Å². The van der Waals surface area contributed by atoms with Crippen molar-refractivity contribution in [3.05, 3.63) is 58.1 Å². The molecule has 2 aromatic carbocycles. The highest BCUT2D eigenvalue weighted by molar-refractivity contribution is 9.10. The van der Waals surface area contributed by atoms with E-state index in [1.165, 1.54) is 0 Å². The molecular formula is C13H10BrF2NO. The summed E-state index contributed by atoms with van der Waals surface area (Å²) in [5.41, 5.74) is 6.42. The van der Waals surface area contributed by atoms with Crippen LogP contribution in [-0.4, -0.2) is 0 Å². The van der Waals surface area contributed by atoms with Crippen LogP contribution in [0.2, 0.25) is 0 Å². The molecule has 2 rings (SSSR count). The van der Waals surface area contributed by atoms with Gasteiger partial charge in [-0.05, 0) is 29.8 Å². The largest absolute Gasteiger partial charge is 0.454 e. The van der Waals surface area contributed by atoms with Crippen molar-refractivity contribution in [2.24, 2.45) is 5.73 Å². The van der Waals surface area contributed by atoms with Crippen molar-refractivity contribution < 1.29 is 13.5 Å². The van der Waals surface area contributed by atoms with E-state index in [9.17, 15) is 8.78 Å². The molecule has 0 aromatic heterocycles. The molecule has 0 atom stereocenters. The molecule has 2 N–H and O–H groups in total. The maximum Gasteiger partial charge on any atom is 0.165 e. The van der Waals surface area contributed by atoms with Gasteiger partial charge in [0.2, 0.25) is 0 Å². The molecule has 0 saturated carbocycles. The van der Waals surface area contributed by atoms with E-state index in [1.807, 2.05) is 0 Å². The van der Waals surface area contributed by atoms with Crippen molar-refractivity contribution in [3.63, 3.8) is 0 Å². The predicted octanol–water partition coefficient (Wildman–Crippen LogP) is 3.98. The zero-order valence-corrected chi connectivity index (χ0v) is 10.9. The lowest BCUT2D eigenvalue weighted by Gasteiger charge is -2.09. The molecular weight excluding hydrogens is 304 g/mol. The Morgan fingerprint density at radius 2 is 1.89 bits per heavy atom. The first-order valence-electron chi connectivity index (χ1n) is 5.21. The van der Waals surface area contributed by atoms with Crippen LogP contribution in [0.3, 0.4) is 0 Å². The van der Waals surface area contributed by atoms with E-state index in [4.69, 9.17) is 10.5 Å². The van der Waals surface area contributed by atoms with E-state index < -0.39 is 11.6 Å². The van der Waals surface area contributed by atoms with Crippen molar-refractivity contribution in [1.82, 2.24) is 0 Å². The maximum atomic E-state index is 13.4. The molecule has 2 nitrogen and oxygen atoms in total. The normalized spacial score (nSPS) is 10.4. The van der Waals surface area contributed by atoms with Gasteiger partial charge in [-0.3, -0.25) is 0 Å². The summed E-state index contributed by atoms with van der Waals surface area (Å²) in [6.45, 7) is 0.384. The molecule has 0 fully saturated rings. The van der Waals surface area contributed by atoms with Gasteiger partial charge in [0.1, 0.15) is 11.6 Å². The molecule has 0 unspecified atom stereocenters. The average molecular weight is 314 g/mol. The first-order valence-corrected chi connectivity index (χ1v) is 6.01. The fourth-order valence-electron chi connectivity index (χ4n) is 1.44. The summed E-state index contributed by atoms with van der Waals surface area (Å²) in [6.07, 6.45) is 0. The fourth-order valence-corrected chi connectivity index (χ4v) is 1.96. The summed E-state index contributed by atoms with van der Waals surface area (Å²) < 4.78 is 32.4. The van der Waals surface area contributed by atoms with E-state index in [0.29, 0.717) is 12.3 Å². The summed E-state index contributed by atoms with van der Waals surface area (Å²) in [5.74, 6) is -0.912. The molecule has 2 aromatic rings. The first-order chi connectivity index (χ1) is 8.60. The Bertz CT molecular complexity index is 575. The van der Waals surface area contributed by atoms with Gasteiger partial charge >= 0.3 is 0 Å². The Labute approximate surface area is 112 Å². The third-order valence-corrected chi connectivity index (χ3v) is 3.10. The highest BCUT2D eigenvalue weighted by atomic mass is 79.9. The van der Waals surface area contributed by atoms with Gasteiger partial charge < -0.3 is 10.5 Å². The molecule has 0 aliphatic rings. The zero-order valence-electron chi connectivity index (χ0n) is 9.29. The van der Waals surface area contributed by atoms with Crippen LogP contribution in [0.25, 0.3) is 0 Å². The second-order valence-electron chi connectivity index (χ2n) is 3.63.